The number of nitrogens with one attached hydrogen (secondary N) is 1. The Morgan fingerprint density at radius 3 is 2.93 bits per heavy atom. The minimum atomic E-state index is -0.511. The van der Waals surface area contributed by atoms with Crippen LogP contribution in [0.25, 0.3) is 10.9 Å². The standard InChI is InChI=1S/C10H6BrNO2/c11-7-2-1-3-8-10(7)6(4-12-8)9(14)5-13/h1-5,12H. The van der Waals surface area contributed by atoms with Gasteiger partial charge in [-0.15, -0.1) is 0 Å². The molecular weight excluding hydrogens is 246 g/mol. The molecule has 0 bridgehead atoms. The fraction of sp³-hybridized carbons (Fsp3) is 0. The lowest BCUT2D eigenvalue weighted by Crippen LogP contribution is -1.98. The molecule has 2 aromatic rings. The van der Waals surface area contributed by atoms with Crippen LogP contribution in [-0.4, -0.2) is 17.1 Å². The van der Waals surface area contributed by atoms with Gasteiger partial charge in [-0.3, -0.25) is 9.59 Å². The van der Waals surface area contributed by atoms with Gasteiger partial charge in [0.1, 0.15) is 0 Å². The highest BCUT2D eigenvalue weighted by atomic mass is 79.9. The normalized spacial score (nSPS) is 10.4. The maximum atomic E-state index is 11.2. The molecule has 0 fully saturated rings. The Bertz CT molecular complexity index is 516. The van der Waals surface area contributed by atoms with Crippen LogP contribution in [0.15, 0.2) is 28.9 Å². The molecule has 1 heterocycles. The van der Waals surface area contributed by atoms with Crippen molar-refractivity contribution in [2.24, 2.45) is 0 Å². The largest absolute Gasteiger partial charge is 0.360 e. The number of aldehydes is 1. The lowest BCUT2D eigenvalue weighted by Gasteiger charge is -1.95. The number of carbonyl (C=O) groups excluding carboxylic acids is 2. The van der Waals surface area contributed by atoms with Gasteiger partial charge in [-0.25, -0.2) is 0 Å². The predicted molar refractivity (Wildman–Crippen MR) is 56.4 cm³/mol. The van der Waals surface area contributed by atoms with Crippen molar-refractivity contribution < 1.29 is 9.59 Å². The average Bonchev–Trinajstić information content (AvgIpc) is 2.62. The molecule has 4 heteroatoms. The van der Waals surface area contributed by atoms with Crippen LogP contribution in [0.2, 0.25) is 0 Å². The molecule has 0 aliphatic rings. The van der Waals surface area contributed by atoms with Crippen LogP contribution in [0.5, 0.6) is 0 Å². The number of Topliss-reactive ketones (excluding diaryl/α,β-unsaturated/α-hetero) is 1. The highest BCUT2D eigenvalue weighted by Crippen LogP contribution is 2.26. The molecule has 0 atom stereocenters. The van der Waals surface area contributed by atoms with E-state index in [2.05, 4.69) is 20.9 Å². The number of hydrogen-bond acceptors (Lipinski definition) is 2. The fourth-order valence-electron chi connectivity index (χ4n) is 1.40. The van der Waals surface area contributed by atoms with Gasteiger partial charge in [-0.05, 0) is 12.1 Å². The van der Waals surface area contributed by atoms with Crippen LogP contribution < -0.4 is 0 Å². The topological polar surface area (TPSA) is 49.9 Å². The lowest BCUT2D eigenvalue weighted by atomic mass is 10.1. The van der Waals surface area contributed by atoms with Crippen LogP contribution >= 0.6 is 15.9 Å². The van der Waals surface area contributed by atoms with Gasteiger partial charge in [0, 0.05) is 21.6 Å². The fourth-order valence-corrected chi connectivity index (χ4v) is 1.98. The quantitative estimate of drug-likeness (QED) is 0.506. The summed E-state index contributed by atoms with van der Waals surface area (Å²) >= 11 is 3.34. The molecule has 0 aliphatic carbocycles. The first-order valence-corrected chi connectivity index (χ1v) is 4.78. The zero-order chi connectivity index (χ0) is 10.1. The third-order valence-electron chi connectivity index (χ3n) is 2.03. The number of carbonyl (C=O) groups is 2. The van der Waals surface area contributed by atoms with Gasteiger partial charge in [0.2, 0.25) is 5.78 Å². The molecule has 0 saturated heterocycles. The van der Waals surface area contributed by atoms with Crippen molar-refractivity contribution in [3.8, 4) is 0 Å². The minimum Gasteiger partial charge on any atom is -0.360 e. The van der Waals surface area contributed by atoms with E-state index in [9.17, 15) is 9.59 Å². The predicted octanol–water partition coefficient (Wildman–Crippen LogP) is 2.31. The van der Waals surface area contributed by atoms with Gasteiger partial charge >= 0.3 is 0 Å². The van der Waals surface area contributed by atoms with Crippen molar-refractivity contribution in [1.29, 1.82) is 0 Å². The first-order valence-electron chi connectivity index (χ1n) is 3.99. The Kier molecular flexibility index (Phi) is 2.21. The molecule has 1 aromatic carbocycles. The van der Waals surface area contributed by atoms with E-state index in [0.717, 1.165) is 15.4 Å². The second-order valence-corrected chi connectivity index (χ2v) is 3.70. The Morgan fingerprint density at radius 2 is 2.21 bits per heavy atom. The highest BCUT2D eigenvalue weighted by Gasteiger charge is 2.12. The van der Waals surface area contributed by atoms with Crippen LogP contribution in [0, 0.1) is 0 Å². The van der Waals surface area contributed by atoms with Gasteiger partial charge in [0.15, 0.2) is 6.29 Å². The number of ketones is 1. The molecule has 0 amide bonds. The molecule has 3 nitrogen and oxygen atoms in total. The summed E-state index contributed by atoms with van der Waals surface area (Å²) in [7, 11) is 0. The molecular formula is C10H6BrNO2. The van der Waals surface area contributed by atoms with E-state index in [0.29, 0.717) is 11.8 Å². The molecule has 2 rings (SSSR count). The molecule has 0 aliphatic heterocycles. The first kappa shape index (κ1) is 9.15. The number of halogens is 1. The van der Waals surface area contributed by atoms with E-state index in [4.69, 9.17) is 0 Å². The minimum absolute atomic E-state index is 0.321. The molecule has 70 valence electrons. The van der Waals surface area contributed by atoms with Crippen molar-refractivity contribution in [2.45, 2.75) is 0 Å². The smallest absolute Gasteiger partial charge is 0.227 e. The number of hydrogen-bond donors (Lipinski definition) is 1. The van der Waals surface area contributed by atoms with Crippen LogP contribution in [-0.2, 0) is 4.79 Å². The van der Waals surface area contributed by atoms with Gasteiger partial charge < -0.3 is 4.98 Å². The average molecular weight is 252 g/mol. The van der Waals surface area contributed by atoms with E-state index in [1.807, 2.05) is 18.2 Å². The second-order valence-electron chi connectivity index (χ2n) is 2.85. The van der Waals surface area contributed by atoms with Crippen LogP contribution in [0.4, 0.5) is 0 Å². The monoisotopic (exact) mass is 251 g/mol. The van der Waals surface area contributed by atoms with E-state index in [-0.39, 0.29) is 0 Å². The summed E-state index contributed by atoms with van der Waals surface area (Å²) in [6.45, 7) is 0. The maximum Gasteiger partial charge on any atom is 0.227 e. The van der Waals surface area contributed by atoms with E-state index in [1.54, 1.807) is 6.20 Å². The van der Waals surface area contributed by atoms with Crippen molar-refractivity contribution in [2.75, 3.05) is 0 Å². The van der Waals surface area contributed by atoms with Gasteiger partial charge in [-0.1, -0.05) is 22.0 Å². The lowest BCUT2D eigenvalue weighted by molar-refractivity contribution is -0.104. The second kappa shape index (κ2) is 3.38. The summed E-state index contributed by atoms with van der Waals surface area (Å²) in [5.41, 5.74) is 1.24. The summed E-state index contributed by atoms with van der Waals surface area (Å²) < 4.78 is 0.807. The third-order valence-corrected chi connectivity index (χ3v) is 2.69. The van der Waals surface area contributed by atoms with E-state index >= 15 is 0 Å². The Hall–Kier alpha value is -1.42. The molecule has 0 unspecified atom stereocenters. The summed E-state index contributed by atoms with van der Waals surface area (Å²) in [5.74, 6) is -0.511. The van der Waals surface area contributed by atoms with Crippen molar-refractivity contribution in [1.82, 2.24) is 4.98 Å². The molecule has 1 N–H and O–H groups in total. The summed E-state index contributed by atoms with van der Waals surface area (Å²) in [6.07, 6.45) is 1.87. The number of aromatic nitrogens is 1. The Balaban J connectivity index is 2.79. The molecule has 0 radical (unpaired) electrons. The van der Waals surface area contributed by atoms with Crippen molar-refractivity contribution in [3.63, 3.8) is 0 Å². The van der Waals surface area contributed by atoms with Gasteiger partial charge in [0.25, 0.3) is 0 Å². The van der Waals surface area contributed by atoms with Crippen LogP contribution in [0.3, 0.4) is 0 Å². The first-order chi connectivity index (χ1) is 6.74. The van der Waals surface area contributed by atoms with Gasteiger partial charge in [0.05, 0.1) is 5.56 Å². The molecule has 0 saturated carbocycles. The number of fused-ring (bicyclic) bond motifs is 1. The van der Waals surface area contributed by atoms with Crippen molar-refractivity contribution in [3.05, 3.63) is 34.4 Å². The Morgan fingerprint density at radius 1 is 1.43 bits per heavy atom. The highest BCUT2D eigenvalue weighted by molar-refractivity contribution is 9.10. The number of benzene rings is 1. The zero-order valence-electron chi connectivity index (χ0n) is 7.08. The van der Waals surface area contributed by atoms with E-state index in [1.165, 1.54) is 0 Å². The maximum absolute atomic E-state index is 11.2. The SMILES string of the molecule is O=CC(=O)c1c[nH]c2cccc(Br)c12. The number of H-pyrrole nitrogens is 1. The number of aromatic amines is 1. The van der Waals surface area contributed by atoms with E-state index < -0.39 is 5.78 Å². The van der Waals surface area contributed by atoms with Crippen molar-refractivity contribution >= 4 is 38.9 Å². The van der Waals surface area contributed by atoms with Gasteiger partial charge in [-0.2, -0.15) is 0 Å². The molecule has 1 aromatic heterocycles. The summed E-state index contributed by atoms with van der Waals surface area (Å²) in [5, 5.41) is 0.754. The third kappa shape index (κ3) is 1.28. The molecule has 14 heavy (non-hydrogen) atoms. The number of rotatable bonds is 2. The zero-order valence-corrected chi connectivity index (χ0v) is 8.67. The Labute approximate surface area is 88.2 Å². The van der Waals surface area contributed by atoms with Crippen LogP contribution in [0.1, 0.15) is 10.4 Å². The summed E-state index contributed by atoms with van der Waals surface area (Å²) in [6, 6.07) is 5.54. The molecule has 0 spiro atoms. The summed E-state index contributed by atoms with van der Waals surface area (Å²) in [4.78, 5) is 24.5.